The molecule has 0 bridgehead atoms. The van der Waals surface area contributed by atoms with Gasteiger partial charge in [-0.2, -0.15) is 0 Å². The number of nitrogens with one attached hydrogen (secondary N) is 1. The number of rotatable bonds is 3. The third-order valence-electron chi connectivity index (χ3n) is 4.81. The maximum atomic E-state index is 12.5. The van der Waals surface area contributed by atoms with Crippen LogP contribution in [0.5, 0.6) is 5.75 Å². The fourth-order valence-corrected chi connectivity index (χ4v) is 3.31. The molecule has 0 aliphatic carbocycles. The van der Waals surface area contributed by atoms with Crippen molar-refractivity contribution in [3.8, 4) is 5.75 Å². The summed E-state index contributed by atoms with van der Waals surface area (Å²) in [6.07, 6.45) is 0.899. The molecule has 1 aliphatic rings. The van der Waals surface area contributed by atoms with E-state index >= 15 is 0 Å². The van der Waals surface area contributed by atoms with Gasteiger partial charge in [-0.15, -0.1) is 0 Å². The highest BCUT2D eigenvalue weighted by atomic mass is 16.5. The van der Waals surface area contributed by atoms with Gasteiger partial charge < -0.3 is 15.0 Å². The first-order valence-electron chi connectivity index (χ1n) is 9.18. The third kappa shape index (κ3) is 4.18. The number of fused-ring (bicyclic) bond motifs is 1. The molecule has 0 unspecified atom stereocenters. The van der Waals surface area contributed by atoms with Gasteiger partial charge in [0.05, 0.1) is 0 Å². The zero-order valence-electron chi connectivity index (χ0n) is 16.1. The van der Waals surface area contributed by atoms with E-state index in [2.05, 4.69) is 57.3 Å². The fourth-order valence-electron chi connectivity index (χ4n) is 3.31. The molecular formula is C22H28N2O2. The lowest BCUT2D eigenvalue weighted by molar-refractivity contribution is 0.179. The monoisotopic (exact) mass is 352 g/mol. The first-order chi connectivity index (χ1) is 12.3. The van der Waals surface area contributed by atoms with Gasteiger partial charge in [0.15, 0.2) is 6.73 Å². The van der Waals surface area contributed by atoms with E-state index in [9.17, 15) is 4.79 Å². The Labute approximate surface area is 156 Å². The maximum absolute atomic E-state index is 12.5. The minimum absolute atomic E-state index is 0.0120. The number of hydrogen-bond acceptors (Lipinski definition) is 2. The summed E-state index contributed by atoms with van der Waals surface area (Å²) in [4.78, 5) is 14.3. The smallest absolute Gasteiger partial charge is 0.320 e. The van der Waals surface area contributed by atoms with Crippen molar-refractivity contribution in [3.63, 3.8) is 0 Å². The van der Waals surface area contributed by atoms with E-state index < -0.39 is 0 Å². The van der Waals surface area contributed by atoms with E-state index in [-0.39, 0.29) is 18.2 Å². The molecule has 2 aromatic carbocycles. The van der Waals surface area contributed by atoms with Gasteiger partial charge >= 0.3 is 6.03 Å². The van der Waals surface area contributed by atoms with Gasteiger partial charge in [-0.1, -0.05) is 62.7 Å². The quantitative estimate of drug-likeness (QED) is 0.832. The molecule has 1 heterocycles. The molecule has 0 spiro atoms. The van der Waals surface area contributed by atoms with Crippen LogP contribution >= 0.6 is 0 Å². The second-order valence-corrected chi connectivity index (χ2v) is 7.96. The van der Waals surface area contributed by atoms with Crippen molar-refractivity contribution in [3.05, 3.63) is 64.7 Å². The number of hydrogen-bond donors (Lipinski definition) is 1. The van der Waals surface area contributed by atoms with Crippen LogP contribution in [0.15, 0.2) is 42.5 Å². The molecule has 0 radical (unpaired) electrons. The number of nitrogens with zero attached hydrogens (tertiary/aromatic N) is 1. The molecule has 2 aromatic rings. The molecule has 0 saturated heterocycles. The van der Waals surface area contributed by atoms with E-state index in [0.29, 0.717) is 6.54 Å². The summed E-state index contributed by atoms with van der Waals surface area (Å²) < 4.78 is 5.89. The van der Waals surface area contributed by atoms with Crippen molar-refractivity contribution in [2.75, 3.05) is 13.3 Å². The van der Waals surface area contributed by atoms with Gasteiger partial charge in [0.25, 0.3) is 0 Å². The Bertz CT molecular complexity index is 793. The van der Waals surface area contributed by atoms with E-state index in [1.165, 1.54) is 16.7 Å². The predicted octanol–water partition coefficient (Wildman–Crippen LogP) is 4.40. The highest BCUT2D eigenvalue weighted by Crippen LogP contribution is 2.32. The predicted molar refractivity (Wildman–Crippen MR) is 104 cm³/mol. The number of aryl methyl sites for hydroxylation is 1. The van der Waals surface area contributed by atoms with Gasteiger partial charge in [0.2, 0.25) is 0 Å². The van der Waals surface area contributed by atoms with E-state index in [1.807, 2.05) is 23.1 Å². The van der Waals surface area contributed by atoms with Gasteiger partial charge in [-0.25, -0.2) is 4.79 Å². The molecular weight excluding hydrogens is 324 g/mol. The second-order valence-electron chi connectivity index (χ2n) is 7.96. The van der Waals surface area contributed by atoms with Crippen LogP contribution in [0, 0.1) is 6.92 Å². The van der Waals surface area contributed by atoms with Crippen LogP contribution in [0.2, 0.25) is 0 Å². The molecule has 0 atom stereocenters. The minimum Gasteiger partial charge on any atom is -0.473 e. The van der Waals surface area contributed by atoms with Crippen molar-refractivity contribution in [2.24, 2.45) is 0 Å². The van der Waals surface area contributed by atoms with Crippen molar-refractivity contribution < 1.29 is 9.53 Å². The molecule has 4 heteroatoms. The average Bonchev–Trinajstić information content (AvgIpc) is 2.61. The molecule has 0 saturated carbocycles. The Kier molecular flexibility index (Phi) is 5.21. The Morgan fingerprint density at radius 3 is 2.62 bits per heavy atom. The Balaban J connectivity index is 1.58. The SMILES string of the molecule is Cc1ccc(OCNC(=O)N2CCc3ccccc3C2)c(C(C)(C)C)c1. The summed E-state index contributed by atoms with van der Waals surface area (Å²) in [5.74, 6) is 0.826. The highest BCUT2D eigenvalue weighted by Gasteiger charge is 2.21. The fraction of sp³-hybridized carbons (Fsp3) is 0.409. The lowest BCUT2D eigenvalue weighted by Gasteiger charge is -2.29. The number of benzene rings is 2. The van der Waals surface area contributed by atoms with Crippen LogP contribution in [-0.2, 0) is 18.4 Å². The van der Waals surface area contributed by atoms with E-state index in [0.717, 1.165) is 24.3 Å². The lowest BCUT2D eigenvalue weighted by Crippen LogP contribution is -2.44. The van der Waals surface area contributed by atoms with Crippen LogP contribution in [0.25, 0.3) is 0 Å². The van der Waals surface area contributed by atoms with Crippen molar-refractivity contribution in [1.82, 2.24) is 10.2 Å². The molecule has 0 fully saturated rings. The van der Waals surface area contributed by atoms with Crippen molar-refractivity contribution in [1.29, 1.82) is 0 Å². The highest BCUT2D eigenvalue weighted by molar-refractivity contribution is 5.74. The molecule has 1 N–H and O–H groups in total. The van der Waals surface area contributed by atoms with Crippen molar-refractivity contribution in [2.45, 2.75) is 46.1 Å². The molecule has 26 heavy (non-hydrogen) atoms. The third-order valence-corrected chi connectivity index (χ3v) is 4.81. The first-order valence-corrected chi connectivity index (χ1v) is 9.18. The van der Waals surface area contributed by atoms with Crippen LogP contribution in [-0.4, -0.2) is 24.2 Å². The first kappa shape index (κ1) is 18.3. The van der Waals surface area contributed by atoms with Gasteiger partial charge in [0, 0.05) is 13.1 Å². The van der Waals surface area contributed by atoms with E-state index in [4.69, 9.17) is 4.74 Å². The maximum Gasteiger partial charge on any atom is 0.320 e. The zero-order chi connectivity index (χ0) is 18.7. The minimum atomic E-state index is -0.0797. The van der Waals surface area contributed by atoms with E-state index in [1.54, 1.807) is 0 Å². The van der Waals surface area contributed by atoms with Gasteiger partial charge in [-0.05, 0) is 41.5 Å². The number of ether oxygens (including phenoxy) is 1. The molecule has 4 nitrogen and oxygen atoms in total. The molecule has 2 amide bonds. The Morgan fingerprint density at radius 1 is 1.15 bits per heavy atom. The van der Waals surface area contributed by atoms with Crippen molar-refractivity contribution >= 4 is 6.03 Å². The summed E-state index contributed by atoms with van der Waals surface area (Å²) >= 11 is 0. The summed E-state index contributed by atoms with van der Waals surface area (Å²) in [5.41, 5.74) is 4.91. The Morgan fingerprint density at radius 2 is 1.88 bits per heavy atom. The van der Waals surface area contributed by atoms with Crippen LogP contribution in [0.4, 0.5) is 4.79 Å². The molecule has 1 aliphatic heterocycles. The molecule has 0 aromatic heterocycles. The topological polar surface area (TPSA) is 41.6 Å². The van der Waals surface area contributed by atoms with Crippen LogP contribution < -0.4 is 10.1 Å². The number of carbonyl (C=O) groups is 1. The number of urea groups is 1. The Hall–Kier alpha value is -2.49. The van der Waals surface area contributed by atoms with Crippen LogP contribution in [0.1, 0.15) is 43.0 Å². The standard InChI is InChI=1S/C22H28N2O2/c1-16-9-10-20(19(13-16)22(2,3)4)26-15-23-21(25)24-12-11-17-7-5-6-8-18(17)14-24/h5-10,13H,11-12,14-15H2,1-4H3,(H,23,25). The second kappa shape index (κ2) is 7.40. The average molecular weight is 352 g/mol. The summed E-state index contributed by atoms with van der Waals surface area (Å²) in [6.45, 7) is 10.1. The number of amides is 2. The summed E-state index contributed by atoms with van der Waals surface area (Å²) in [7, 11) is 0. The summed E-state index contributed by atoms with van der Waals surface area (Å²) in [6, 6.07) is 14.4. The number of carbonyl (C=O) groups excluding carboxylic acids is 1. The van der Waals surface area contributed by atoms with Gasteiger partial charge in [0.1, 0.15) is 5.75 Å². The lowest BCUT2D eigenvalue weighted by atomic mass is 9.85. The normalized spacial score (nSPS) is 13.9. The molecule has 3 rings (SSSR count). The van der Waals surface area contributed by atoms with Gasteiger partial charge in [-0.3, -0.25) is 0 Å². The van der Waals surface area contributed by atoms with Crippen LogP contribution in [0.3, 0.4) is 0 Å². The largest absolute Gasteiger partial charge is 0.473 e. The zero-order valence-corrected chi connectivity index (χ0v) is 16.1. The molecule has 138 valence electrons. The summed E-state index contributed by atoms with van der Waals surface area (Å²) in [5, 5.41) is 2.89.